The SMILES string of the molecule is COC(=O)c1ccc(C2C(=C(O)c3c(C)n[nH]c3C)C(=O)C(=O)N2CCN(C)C)cc1. The van der Waals surface area contributed by atoms with Crippen LogP contribution in [0, 0.1) is 13.8 Å². The van der Waals surface area contributed by atoms with E-state index in [1.54, 1.807) is 38.1 Å². The topological polar surface area (TPSA) is 116 Å². The van der Waals surface area contributed by atoms with Crippen LogP contribution < -0.4 is 0 Å². The number of likely N-dealkylation sites (tertiary alicyclic amines) is 1. The van der Waals surface area contributed by atoms with Crippen molar-refractivity contribution in [3.8, 4) is 0 Å². The third-order valence-corrected chi connectivity index (χ3v) is 5.34. The molecule has 2 N–H and O–H groups in total. The normalized spacial score (nSPS) is 18.1. The Morgan fingerprint density at radius 1 is 1.23 bits per heavy atom. The lowest BCUT2D eigenvalue weighted by atomic mass is 9.94. The lowest BCUT2D eigenvalue weighted by molar-refractivity contribution is -0.140. The standard InChI is InChI=1S/C22H26N4O5/c1-12-16(13(2)24-23-12)19(27)17-18(14-6-8-15(9-7-14)22(30)31-5)26(11-10-25(3)4)21(29)20(17)28/h6-9,18,27H,10-11H2,1-5H3,(H,23,24). The summed E-state index contributed by atoms with van der Waals surface area (Å²) in [6, 6.07) is 5.67. The Kier molecular flexibility index (Phi) is 6.26. The van der Waals surface area contributed by atoms with E-state index in [1.165, 1.54) is 12.0 Å². The maximum absolute atomic E-state index is 13.0. The van der Waals surface area contributed by atoms with Crippen LogP contribution in [0.3, 0.4) is 0 Å². The van der Waals surface area contributed by atoms with Gasteiger partial charge in [0.2, 0.25) is 0 Å². The number of amides is 1. The van der Waals surface area contributed by atoms with Crippen LogP contribution in [0.2, 0.25) is 0 Å². The van der Waals surface area contributed by atoms with Crippen LogP contribution in [-0.4, -0.2) is 77.1 Å². The van der Waals surface area contributed by atoms with Gasteiger partial charge in [0.15, 0.2) is 0 Å². The number of hydrogen-bond acceptors (Lipinski definition) is 7. The summed E-state index contributed by atoms with van der Waals surface area (Å²) in [5, 5.41) is 18.0. The van der Waals surface area contributed by atoms with Crippen molar-refractivity contribution in [2.75, 3.05) is 34.3 Å². The molecule has 0 aliphatic carbocycles. The third-order valence-electron chi connectivity index (χ3n) is 5.34. The van der Waals surface area contributed by atoms with Crippen molar-refractivity contribution in [3.63, 3.8) is 0 Å². The summed E-state index contributed by atoms with van der Waals surface area (Å²) in [5.74, 6) is -2.18. The molecule has 1 fully saturated rings. The average Bonchev–Trinajstić information content (AvgIpc) is 3.21. The van der Waals surface area contributed by atoms with Crippen molar-refractivity contribution >= 4 is 23.4 Å². The number of nitrogens with zero attached hydrogens (tertiary/aromatic N) is 3. The first-order valence-corrected chi connectivity index (χ1v) is 9.80. The number of aryl methyl sites for hydroxylation is 2. The van der Waals surface area contributed by atoms with Gasteiger partial charge in [-0.3, -0.25) is 14.7 Å². The number of aliphatic hydroxyl groups excluding tert-OH is 1. The number of hydrogen-bond donors (Lipinski definition) is 2. The van der Waals surface area contributed by atoms with Crippen LogP contribution in [0.25, 0.3) is 5.76 Å². The average molecular weight is 426 g/mol. The number of aromatic amines is 1. The van der Waals surface area contributed by atoms with Gasteiger partial charge in [-0.1, -0.05) is 12.1 Å². The van der Waals surface area contributed by atoms with Gasteiger partial charge in [-0.15, -0.1) is 0 Å². The number of aliphatic hydroxyl groups is 1. The molecule has 9 nitrogen and oxygen atoms in total. The fraction of sp³-hybridized carbons (Fsp3) is 0.364. The molecule has 3 rings (SSSR count). The lowest BCUT2D eigenvalue weighted by Gasteiger charge is -2.26. The first-order chi connectivity index (χ1) is 14.7. The molecular formula is C22H26N4O5. The summed E-state index contributed by atoms with van der Waals surface area (Å²) >= 11 is 0. The van der Waals surface area contributed by atoms with E-state index in [2.05, 4.69) is 10.2 Å². The van der Waals surface area contributed by atoms with E-state index in [-0.39, 0.29) is 11.3 Å². The minimum absolute atomic E-state index is 0.00201. The summed E-state index contributed by atoms with van der Waals surface area (Å²) in [6.07, 6.45) is 0. The Labute approximate surface area is 180 Å². The molecule has 2 heterocycles. The summed E-state index contributed by atoms with van der Waals surface area (Å²) in [6.45, 7) is 4.27. The van der Waals surface area contributed by atoms with Crippen LogP contribution in [0.5, 0.6) is 0 Å². The van der Waals surface area contributed by atoms with Gasteiger partial charge in [-0.25, -0.2) is 4.79 Å². The number of ketones is 1. The highest BCUT2D eigenvalue weighted by atomic mass is 16.5. The van der Waals surface area contributed by atoms with Crippen molar-refractivity contribution in [1.29, 1.82) is 0 Å². The molecule has 9 heteroatoms. The molecule has 0 spiro atoms. The first kappa shape index (κ1) is 22.2. The van der Waals surface area contributed by atoms with E-state index >= 15 is 0 Å². The lowest BCUT2D eigenvalue weighted by Crippen LogP contribution is -2.35. The smallest absolute Gasteiger partial charge is 0.337 e. The highest BCUT2D eigenvalue weighted by Crippen LogP contribution is 2.40. The molecular weight excluding hydrogens is 400 g/mol. The number of esters is 1. The van der Waals surface area contributed by atoms with Gasteiger partial charge < -0.3 is 19.6 Å². The summed E-state index contributed by atoms with van der Waals surface area (Å²) < 4.78 is 4.73. The molecule has 1 atom stereocenters. The number of carbonyl (C=O) groups excluding carboxylic acids is 3. The Morgan fingerprint density at radius 2 is 1.87 bits per heavy atom. The zero-order chi connectivity index (χ0) is 22.9. The highest BCUT2D eigenvalue weighted by molar-refractivity contribution is 6.46. The number of likely N-dealkylation sites (N-methyl/N-ethyl adjacent to an activating group) is 1. The predicted octanol–water partition coefficient (Wildman–Crippen LogP) is 1.80. The van der Waals surface area contributed by atoms with Crippen molar-refractivity contribution in [1.82, 2.24) is 20.0 Å². The Balaban J connectivity index is 2.16. The number of methoxy groups -OCH3 is 1. The highest BCUT2D eigenvalue weighted by Gasteiger charge is 2.46. The number of rotatable bonds is 6. The van der Waals surface area contributed by atoms with Gasteiger partial charge in [0, 0.05) is 18.8 Å². The van der Waals surface area contributed by atoms with Gasteiger partial charge >= 0.3 is 5.97 Å². The van der Waals surface area contributed by atoms with Gasteiger partial charge in [-0.05, 0) is 45.6 Å². The number of ether oxygens (including phenoxy) is 1. The van der Waals surface area contributed by atoms with Crippen LogP contribution >= 0.6 is 0 Å². The molecule has 31 heavy (non-hydrogen) atoms. The maximum atomic E-state index is 13.0. The van der Waals surface area contributed by atoms with Crippen molar-refractivity contribution in [2.24, 2.45) is 0 Å². The fourth-order valence-electron chi connectivity index (χ4n) is 3.72. The van der Waals surface area contributed by atoms with E-state index in [1.807, 2.05) is 19.0 Å². The van der Waals surface area contributed by atoms with E-state index < -0.39 is 23.7 Å². The second kappa shape index (κ2) is 8.73. The zero-order valence-corrected chi connectivity index (χ0v) is 18.2. The van der Waals surface area contributed by atoms with E-state index in [0.29, 0.717) is 41.2 Å². The Hall–Kier alpha value is -3.46. The molecule has 0 radical (unpaired) electrons. The van der Waals surface area contributed by atoms with Crippen LogP contribution in [0.15, 0.2) is 29.8 Å². The molecule has 1 aromatic heterocycles. The van der Waals surface area contributed by atoms with Gasteiger partial charge in [-0.2, -0.15) is 5.10 Å². The number of Topliss-reactive ketones (excluding diaryl/α,β-unsaturated/α-hetero) is 1. The van der Waals surface area contributed by atoms with Crippen molar-refractivity contribution in [2.45, 2.75) is 19.9 Å². The predicted molar refractivity (Wildman–Crippen MR) is 113 cm³/mol. The van der Waals surface area contributed by atoms with E-state index in [9.17, 15) is 19.5 Å². The molecule has 1 aromatic carbocycles. The van der Waals surface area contributed by atoms with Crippen LogP contribution in [0.1, 0.15) is 38.9 Å². The minimum atomic E-state index is -0.791. The van der Waals surface area contributed by atoms with E-state index in [0.717, 1.165) is 0 Å². The summed E-state index contributed by atoms with van der Waals surface area (Å²) in [7, 11) is 5.03. The molecule has 0 bridgehead atoms. The number of nitrogens with one attached hydrogen (secondary N) is 1. The monoisotopic (exact) mass is 426 g/mol. The number of H-pyrrole nitrogens is 1. The van der Waals surface area contributed by atoms with Crippen molar-refractivity contribution < 1.29 is 24.2 Å². The molecule has 1 amide bonds. The summed E-state index contributed by atoms with van der Waals surface area (Å²) in [5.41, 5.74) is 2.47. The van der Waals surface area contributed by atoms with Gasteiger partial charge in [0.05, 0.1) is 35.5 Å². The molecule has 1 unspecified atom stereocenters. The fourth-order valence-corrected chi connectivity index (χ4v) is 3.72. The molecule has 0 saturated carbocycles. The van der Waals surface area contributed by atoms with Crippen LogP contribution in [0.4, 0.5) is 0 Å². The van der Waals surface area contributed by atoms with Crippen molar-refractivity contribution in [3.05, 3.63) is 57.9 Å². The van der Waals surface area contributed by atoms with Gasteiger partial charge in [0.25, 0.3) is 11.7 Å². The molecule has 2 aromatic rings. The number of carbonyl (C=O) groups is 3. The Morgan fingerprint density at radius 3 is 2.39 bits per heavy atom. The van der Waals surface area contributed by atoms with Crippen LogP contribution in [-0.2, 0) is 14.3 Å². The number of aromatic nitrogens is 2. The minimum Gasteiger partial charge on any atom is -0.507 e. The quantitative estimate of drug-likeness (QED) is 0.313. The Bertz CT molecular complexity index is 1030. The summed E-state index contributed by atoms with van der Waals surface area (Å²) in [4.78, 5) is 41.0. The number of benzene rings is 1. The zero-order valence-electron chi connectivity index (χ0n) is 18.2. The first-order valence-electron chi connectivity index (χ1n) is 9.80. The molecule has 1 aliphatic heterocycles. The largest absolute Gasteiger partial charge is 0.507 e. The molecule has 1 aliphatic rings. The second-order valence-electron chi connectivity index (χ2n) is 7.72. The maximum Gasteiger partial charge on any atom is 0.337 e. The molecule has 164 valence electrons. The van der Waals surface area contributed by atoms with Gasteiger partial charge in [0.1, 0.15) is 5.76 Å². The second-order valence-corrected chi connectivity index (χ2v) is 7.72. The third kappa shape index (κ3) is 4.09. The van der Waals surface area contributed by atoms with E-state index in [4.69, 9.17) is 4.74 Å². The molecule has 1 saturated heterocycles.